The van der Waals surface area contributed by atoms with Gasteiger partial charge in [-0.3, -0.25) is 4.98 Å². The quantitative estimate of drug-likeness (QED) is 0.784. The van der Waals surface area contributed by atoms with Crippen LogP contribution in [0.3, 0.4) is 0 Å². The number of aliphatic hydroxyl groups is 1. The second kappa shape index (κ2) is 4.01. The van der Waals surface area contributed by atoms with E-state index in [2.05, 4.69) is 25.8 Å². The van der Waals surface area contributed by atoms with Gasteiger partial charge >= 0.3 is 0 Å². The van der Waals surface area contributed by atoms with Gasteiger partial charge in [0.2, 0.25) is 0 Å². The van der Waals surface area contributed by atoms with Crippen molar-refractivity contribution < 1.29 is 5.11 Å². The number of aliphatic hydroxyl groups excluding tert-OH is 1. The molecule has 1 aromatic heterocycles. The Morgan fingerprint density at radius 3 is 2.50 bits per heavy atom. The fraction of sp³-hybridized carbons (Fsp3) is 0.667. The van der Waals surface area contributed by atoms with Gasteiger partial charge in [-0.25, -0.2) is 0 Å². The average molecular weight is 185 g/mol. The molecule has 0 saturated heterocycles. The van der Waals surface area contributed by atoms with Crippen LogP contribution in [0.4, 0.5) is 0 Å². The lowest BCUT2D eigenvalue weighted by atomic mass is 9.92. The Kier molecular flexibility index (Phi) is 3.23. The molecule has 0 aliphatic heterocycles. The number of nitrogens with zero attached hydrogens (tertiary/aromatic N) is 1. The van der Waals surface area contributed by atoms with E-state index < -0.39 is 0 Å². The summed E-state index contributed by atoms with van der Waals surface area (Å²) in [4.78, 5) is 4.91. The van der Waals surface area contributed by atoms with Crippen molar-refractivity contribution in [3.63, 3.8) is 0 Å². The maximum atomic E-state index is 9.82. The number of rotatable bonds is 3. The molecule has 1 aromatic rings. The van der Waals surface area contributed by atoms with Crippen molar-refractivity contribution in [2.24, 2.45) is 11.8 Å². The van der Waals surface area contributed by atoms with E-state index in [1.165, 1.54) is 11.3 Å². The molecule has 1 N–H and O–H groups in total. The van der Waals surface area contributed by atoms with Gasteiger partial charge in [0.05, 0.1) is 16.5 Å². The Bertz CT molecular complexity index is 220. The molecule has 0 aliphatic carbocycles. The molecule has 0 radical (unpaired) electrons. The van der Waals surface area contributed by atoms with Crippen molar-refractivity contribution in [2.45, 2.75) is 26.9 Å². The van der Waals surface area contributed by atoms with Crippen LogP contribution in [0, 0.1) is 11.8 Å². The molecule has 0 fully saturated rings. The van der Waals surface area contributed by atoms with E-state index in [1.807, 2.05) is 0 Å². The minimum absolute atomic E-state index is 0.297. The molecule has 68 valence electrons. The average Bonchev–Trinajstić information content (AvgIpc) is 2.53. The zero-order valence-electron chi connectivity index (χ0n) is 7.69. The Hall–Kier alpha value is -0.410. The zero-order chi connectivity index (χ0) is 9.14. The van der Waals surface area contributed by atoms with Crippen molar-refractivity contribution in [3.05, 3.63) is 16.6 Å². The number of thiazole rings is 1. The van der Waals surface area contributed by atoms with Crippen LogP contribution in [0.5, 0.6) is 0 Å². The highest BCUT2D eigenvalue weighted by atomic mass is 32.1. The molecule has 0 aromatic carbocycles. The van der Waals surface area contributed by atoms with Crippen LogP contribution in [0.2, 0.25) is 0 Å². The van der Waals surface area contributed by atoms with Gasteiger partial charge in [-0.15, -0.1) is 11.3 Å². The fourth-order valence-electron chi connectivity index (χ4n) is 0.995. The van der Waals surface area contributed by atoms with Gasteiger partial charge < -0.3 is 5.11 Å². The Morgan fingerprint density at radius 2 is 2.08 bits per heavy atom. The maximum Gasteiger partial charge on any atom is 0.0925 e. The number of aromatic nitrogens is 1. The summed E-state index contributed by atoms with van der Waals surface area (Å²) in [6.45, 7) is 6.30. The maximum absolute atomic E-state index is 9.82. The van der Waals surface area contributed by atoms with Gasteiger partial charge in [-0.1, -0.05) is 20.8 Å². The topological polar surface area (TPSA) is 33.1 Å². The van der Waals surface area contributed by atoms with Crippen LogP contribution in [0.25, 0.3) is 0 Å². The molecule has 0 bridgehead atoms. The molecule has 2 atom stereocenters. The lowest BCUT2D eigenvalue weighted by Crippen LogP contribution is -2.13. The van der Waals surface area contributed by atoms with Crippen LogP contribution < -0.4 is 0 Å². The molecule has 1 rings (SSSR count). The third kappa shape index (κ3) is 2.05. The van der Waals surface area contributed by atoms with Crippen LogP contribution >= 0.6 is 11.3 Å². The Balaban J connectivity index is 2.65. The summed E-state index contributed by atoms with van der Waals surface area (Å²) >= 11 is 1.52. The second-order valence-electron chi connectivity index (χ2n) is 3.45. The SMILES string of the molecule is CC(C)C(C)C(O)c1cncs1. The van der Waals surface area contributed by atoms with Crippen LogP contribution in [0.15, 0.2) is 11.7 Å². The Morgan fingerprint density at radius 1 is 1.42 bits per heavy atom. The van der Waals surface area contributed by atoms with Gasteiger partial charge in [-0.05, 0) is 11.8 Å². The number of hydrogen-bond acceptors (Lipinski definition) is 3. The largest absolute Gasteiger partial charge is 0.387 e. The monoisotopic (exact) mass is 185 g/mol. The van der Waals surface area contributed by atoms with Crippen LogP contribution in [0.1, 0.15) is 31.8 Å². The first-order valence-corrected chi connectivity index (χ1v) is 5.07. The predicted molar refractivity (Wildman–Crippen MR) is 51.1 cm³/mol. The molecule has 0 aliphatic rings. The van der Waals surface area contributed by atoms with E-state index in [0.717, 1.165) is 4.88 Å². The Labute approximate surface area is 77.3 Å². The zero-order valence-corrected chi connectivity index (χ0v) is 8.51. The highest BCUT2D eigenvalue weighted by molar-refractivity contribution is 7.09. The van der Waals surface area contributed by atoms with Gasteiger partial charge in [0.15, 0.2) is 0 Å². The highest BCUT2D eigenvalue weighted by Crippen LogP contribution is 2.29. The lowest BCUT2D eigenvalue weighted by Gasteiger charge is -2.20. The van der Waals surface area contributed by atoms with Gasteiger partial charge in [0.1, 0.15) is 0 Å². The minimum Gasteiger partial charge on any atom is -0.387 e. The normalized spacial score (nSPS) is 16.4. The van der Waals surface area contributed by atoms with Crippen molar-refractivity contribution in [1.82, 2.24) is 4.98 Å². The summed E-state index contributed by atoms with van der Waals surface area (Å²) in [6.07, 6.45) is 1.39. The highest BCUT2D eigenvalue weighted by Gasteiger charge is 2.20. The number of hydrogen-bond donors (Lipinski definition) is 1. The molecule has 1 heterocycles. The second-order valence-corrected chi connectivity index (χ2v) is 4.37. The van der Waals surface area contributed by atoms with E-state index in [9.17, 15) is 5.11 Å². The molecule has 0 amide bonds. The molecule has 2 nitrogen and oxygen atoms in total. The predicted octanol–water partition coefficient (Wildman–Crippen LogP) is 2.47. The molecule has 3 heteroatoms. The summed E-state index contributed by atoms with van der Waals surface area (Å²) < 4.78 is 0. The van der Waals surface area contributed by atoms with Gasteiger partial charge in [0, 0.05) is 6.20 Å². The van der Waals surface area contributed by atoms with Crippen molar-refractivity contribution in [3.8, 4) is 0 Å². The third-order valence-corrected chi connectivity index (χ3v) is 3.14. The van der Waals surface area contributed by atoms with Crippen molar-refractivity contribution in [1.29, 1.82) is 0 Å². The molecular formula is C9H15NOS. The van der Waals surface area contributed by atoms with Crippen LogP contribution in [-0.2, 0) is 0 Å². The fourth-order valence-corrected chi connectivity index (χ4v) is 1.71. The molecule has 0 saturated carbocycles. The van der Waals surface area contributed by atoms with Gasteiger partial charge in [0.25, 0.3) is 0 Å². The summed E-state index contributed by atoms with van der Waals surface area (Å²) in [5.41, 5.74) is 1.76. The standard InChI is InChI=1S/C9H15NOS/c1-6(2)7(3)9(11)8-4-10-5-12-8/h4-7,9,11H,1-3H3. The molecular weight excluding hydrogens is 170 g/mol. The van der Waals surface area contributed by atoms with E-state index >= 15 is 0 Å². The van der Waals surface area contributed by atoms with Gasteiger partial charge in [-0.2, -0.15) is 0 Å². The third-order valence-electron chi connectivity index (χ3n) is 2.29. The van der Waals surface area contributed by atoms with E-state index in [0.29, 0.717) is 11.8 Å². The molecule has 12 heavy (non-hydrogen) atoms. The van der Waals surface area contributed by atoms with E-state index in [4.69, 9.17) is 0 Å². The summed E-state index contributed by atoms with van der Waals surface area (Å²) in [6, 6.07) is 0. The first kappa shape index (κ1) is 9.68. The van der Waals surface area contributed by atoms with Crippen LogP contribution in [-0.4, -0.2) is 10.1 Å². The smallest absolute Gasteiger partial charge is 0.0925 e. The summed E-state index contributed by atoms with van der Waals surface area (Å²) in [5, 5.41) is 9.82. The summed E-state index contributed by atoms with van der Waals surface area (Å²) in [5.74, 6) is 0.799. The first-order chi connectivity index (χ1) is 5.63. The lowest BCUT2D eigenvalue weighted by molar-refractivity contribution is 0.0951. The van der Waals surface area contributed by atoms with Crippen molar-refractivity contribution >= 4 is 11.3 Å². The molecule has 0 spiro atoms. The van der Waals surface area contributed by atoms with E-state index in [1.54, 1.807) is 11.7 Å². The molecule has 2 unspecified atom stereocenters. The van der Waals surface area contributed by atoms with Crippen molar-refractivity contribution in [2.75, 3.05) is 0 Å². The van der Waals surface area contributed by atoms with E-state index in [-0.39, 0.29) is 6.10 Å². The minimum atomic E-state index is -0.350. The first-order valence-electron chi connectivity index (χ1n) is 4.19. The summed E-state index contributed by atoms with van der Waals surface area (Å²) in [7, 11) is 0.